The number of amidine groups is 1. The van der Waals surface area contributed by atoms with Crippen molar-refractivity contribution in [3.63, 3.8) is 0 Å². The van der Waals surface area contributed by atoms with Crippen LogP contribution in [-0.2, 0) is 6.42 Å². The normalized spacial score (nSPS) is 11.1. The molecule has 2 aromatic heterocycles. The van der Waals surface area contributed by atoms with Crippen LogP contribution < -0.4 is 11.1 Å². The molecule has 0 saturated heterocycles. The highest BCUT2D eigenvalue weighted by molar-refractivity contribution is 5.98. The number of rotatable bonds is 5. The van der Waals surface area contributed by atoms with Crippen molar-refractivity contribution >= 4 is 11.7 Å². The smallest absolute Gasteiger partial charge is 0.269 e. The van der Waals surface area contributed by atoms with Crippen molar-refractivity contribution in [1.82, 2.24) is 15.3 Å². The molecular formula is C14H15N5O2. The van der Waals surface area contributed by atoms with E-state index >= 15 is 0 Å². The minimum atomic E-state index is -0.273. The molecule has 0 radical (unpaired) electrons. The molecule has 0 aliphatic carbocycles. The van der Waals surface area contributed by atoms with E-state index in [4.69, 9.17) is 10.9 Å². The fourth-order valence-electron chi connectivity index (χ4n) is 1.69. The summed E-state index contributed by atoms with van der Waals surface area (Å²) < 4.78 is 0. The van der Waals surface area contributed by atoms with Gasteiger partial charge in [0.15, 0.2) is 5.84 Å². The fourth-order valence-corrected chi connectivity index (χ4v) is 1.69. The predicted molar refractivity (Wildman–Crippen MR) is 77.0 cm³/mol. The molecule has 21 heavy (non-hydrogen) atoms. The van der Waals surface area contributed by atoms with E-state index in [0.717, 1.165) is 5.56 Å². The van der Waals surface area contributed by atoms with Crippen LogP contribution in [0, 0.1) is 0 Å². The fraction of sp³-hybridized carbons (Fsp3) is 0.143. The third-order valence-corrected chi connectivity index (χ3v) is 2.82. The van der Waals surface area contributed by atoms with E-state index in [1.54, 1.807) is 18.5 Å². The van der Waals surface area contributed by atoms with E-state index < -0.39 is 0 Å². The van der Waals surface area contributed by atoms with Gasteiger partial charge < -0.3 is 16.3 Å². The Morgan fingerprint density at radius 1 is 1.33 bits per heavy atom. The number of carbonyl (C=O) groups is 1. The average molecular weight is 285 g/mol. The van der Waals surface area contributed by atoms with E-state index in [2.05, 4.69) is 20.4 Å². The number of nitrogens with one attached hydrogen (secondary N) is 1. The quantitative estimate of drug-likeness (QED) is 0.321. The van der Waals surface area contributed by atoms with Gasteiger partial charge in [0.25, 0.3) is 5.91 Å². The third-order valence-electron chi connectivity index (χ3n) is 2.82. The van der Waals surface area contributed by atoms with Crippen LogP contribution >= 0.6 is 0 Å². The van der Waals surface area contributed by atoms with E-state index in [1.807, 2.05) is 12.1 Å². The van der Waals surface area contributed by atoms with Gasteiger partial charge in [-0.1, -0.05) is 11.2 Å². The molecule has 0 aliphatic rings. The van der Waals surface area contributed by atoms with Crippen LogP contribution in [0.25, 0.3) is 0 Å². The molecule has 0 saturated carbocycles. The van der Waals surface area contributed by atoms with Gasteiger partial charge in [0.05, 0.1) is 0 Å². The van der Waals surface area contributed by atoms with Gasteiger partial charge in [-0.05, 0) is 30.2 Å². The lowest BCUT2D eigenvalue weighted by atomic mass is 10.2. The maximum absolute atomic E-state index is 11.9. The zero-order chi connectivity index (χ0) is 15.1. The van der Waals surface area contributed by atoms with Crippen LogP contribution in [0.15, 0.2) is 48.0 Å². The van der Waals surface area contributed by atoms with Gasteiger partial charge in [-0.2, -0.15) is 0 Å². The van der Waals surface area contributed by atoms with Gasteiger partial charge >= 0.3 is 0 Å². The van der Waals surface area contributed by atoms with Crippen molar-refractivity contribution in [2.24, 2.45) is 10.9 Å². The number of hydrogen-bond acceptors (Lipinski definition) is 5. The molecule has 108 valence electrons. The molecule has 0 aromatic carbocycles. The zero-order valence-electron chi connectivity index (χ0n) is 11.2. The summed E-state index contributed by atoms with van der Waals surface area (Å²) in [5.41, 5.74) is 7.19. The highest BCUT2D eigenvalue weighted by atomic mass is 16.4. The Balaban J connectivity index is 1.89. The minimum Gasteiger partial charge on any atom is -0.409 e. The molecule has 2 rings (SSSR count). The largest absolute Gasteiger partial charge is 0.409 e. The standard InChI is InChI=1S/C14H15N5O2/c15-13(19-21)11-3-4-12(18-9-11)14(20)17-7-5-10-2-1-6-16-8-10/h1-4,6,8-9,21H,5,7H2,(H2,15,19)(H,17,20). The van der Waals surface area contributed by atoms with Gasteiger partial charge in [-0.25, -0.2) is 0 Å². The van der Waals surface area contributed by atoms with Gasteiger partial charge in [-0.15, -0.1) is 0 Å². The van der Waals surface area contributed by atoms with Gasteiger partial charge in [0.1, 0.15) is 5.69 Å². The molecular weight excluding hydrogens is 270 g/mol. The maximum Gasteiger partial charge on any atom is 0.269 e. The highest BCUT2D eigenvalue weighted by Crippen LogP contribution is 2.01. The van der Waals surface area contributed by atoms with Crippen molar-refractivity contribution < 1.29 is 10.0 Å². The number of amides is 1. The van der Waals surface area contributed by atoms with Crippen LogP contribution in [0.3, 0.4) is 0 Å². The summed E-state index contributed by atoms with van der Waals surface area (Å²) in [5, 5.41) is 14.2. The Morgan fingerprint density at radius 2 is 2.19 bits per heavy atom. The molecule has 0 atom stereocenters. The Bertz CT molecular complexity index is 626. The van der Waals surface area contributed by atoms with Crippen molar-refractivity contribution in [3.8, 4) is 0 Å². The van der Waals surface area contributed by atoms with Crippen LogP contribution in [0.1, 0.15) is 21.6 Å². The van der Waals surface area contributed by atoms with E-state index in [0.29, 0.717) is 18.5 Å². The summed E-state index contributed by atoms with van der Waals surface area (Å²) in [7, 11) is 0. The number of hydrogen-bond donors (Lipinski definition) is 3. The third kappa shape index (κ3) is 4.00. The molecule has 0 spiro atoms. The van der Waals surface area contributed by atoms with Crippen molar-refractivity contribution in [2.75, 3.05) is 6.54 Å². The first kappa shape index (κ1) is 14.4. The second-order valence-electron chi connectivity index (χ2n) is 4.28. The molecule has 0 bridgehead atoms. The summed E-state index contributed by atoms with van der Waals surface area (Å²) >= 11 is 0. The summed E-state index contributed by atoms with van der Waals surface area (Å²) in [4.78, 5) is 19.9. The lowest BCUT2D eigenvalue weighted by Gasteiger charge is -2.05. The van der Waals surface area contributed by atoms with E-state index in [1.165, 1.54) is 12.3 Å². The number of nitrogens with two attached hydrogens (primary N) is 1. The first-order valence-corrected chi connectivity index (χ1v) is 6.32. The number of aromatic nitrogens is 2. The van der Waals surface area contributed by atoms with Crippen molar-refractivity contribution in [1.29, 1.82) is 0 Å². The van der Waals surface area contributed by atoms with Crippen molar-refractivity contribution in [2.45, 2.75) is 6.42 Å². The molecule has 1 amide bonds. The number of nitrogens with zero attached hydrogens (tertiary/aromatic N) is 3. The lowest BCUT2D eigenvalue weighted by molar-refractivity contribution is 0.0949. The number of oxime groups is 1. The Labute approximate surface area is 121 Å². The monoisotopic (exact) mass is 285 g/mol. The minimum absolute atomic E-state index is 0.0500. The zero-order valence-corrected chi connectivity index (χ0v) is 11.2. The molecule has 0 aliphatic heterocycles. The Morgan fingerprint density at radius 3 is 2.81 bits per heavy atom. The molecule has 2 aromatic rings. The molecule has 2 heterocycles. The molecule has 0 fully saturated rings. The first-order valence-electron chi connectivity index (χ1n) is 6.32. The Hall–Kier alpha value is -2.96. The van der Waals surface area contributed by atoms with E-state index in [9.17, 15) is 4.79 Å². The van der Waals surface area contributed by atoms with Crippen molar-refractivity contribution in [3.05, 3.63) is 59.7 Å². The summed E-state index contributed by atoms with van der Waals surface area (Å²) in [6, 6.07) is 6.89. The summed E-state index contributed by atoms with van der Waals surface area (Å²) in [5.74, 6) is -0.323. The van der Waals surface area contributed by atoms with E-state index in [-0.39, 0.29) is 17.4 Å². The van der Waals surface area contributed by atoms with Gasteiger partial charge in [0.2, 0.25) is 0 Å². The van der Waals surface area contributed by atoms with Crippen LogP contribution in [0.4, 0.5) is 0 Å². The van der Waals surface area contributed by atoms with Gasteiger partial charge in [0, 0.05) is 30.7 Å². The van der Waals surface area contributed by atoms with Crippen LogP contribution in [-0.4, -0.2) is 33.5 Å². The highest BCUT2D eigenvalue weighted by Gasteiger charge is 2.07. The summed E-state index contributed by atoms with van der Waals surface area (Å²) in [6.45, 7) is 0.494. The van der Waals surface area contributed by atoms with Crippen LogP contribution in [0.2, 0.25) is 0 Å². The SMILES string of the molecule is NC(=NO)c1ccc(C(=O)NCCc2cccnc2)nc1. The molecule has 7 heteroatoms. The molecule has 0 unspecified atom stereocenters. The number of carbonyl (C=O) groups excluding carboxylic acids is 1. The molecule has 4 N–H and O–H groups in total. The second kappa shape index (κ2) is 6.99. The summed E-state index contributed by atoms with van der Waals surface area (Å²) in [6.07, 6.45) is 5.54. The number of pyridine rings is 2. The second-order valence-corrected chi connectivity index (χ2v) is 4.28. The maximum atomic E-state index is 11.9. The Kier molecular flexibility index (Phi) is 4.81. The average Bonchev–Trinajstić information content (AvgIpc) is 2.55. The van der Waals surface area contributed by atoms with Crippen LogP contribution in [0.5, 0.6) is 0 Å². The first-order chi connectivity index (χ1) is 10.2. The predicted octanol–water partition coefficient (Wildman–Crippen LogP) is 0.544. The van der Waals surface area contributed by atoms with Gasteiger partial charge in [-0.3, -0.25) is 14.8 Å². The topological polar surface area (TPSA) is 113 Å². The molecule has 7 nitrogen and oxygen atoms in total. The lowest BCUT2D eigenvalue weighted by Crippen LogP contribution is -2.26.